The van der Waals surface area contributed by atoms with Crippen LogP contribution in [0.15, 0.2) is 47.8 Å². The summed E-state index contributed by atoms with van der Waals surface area (Å²) in [5, 5.41) is 10.4. The number of piperidine rings is 1. The number of amides is 2. The van der Waals surface area contributed by atoms with Crippen LogP contribution in [0.4, 0.5) is 17.3 Å². The van der Waals surface area contributed by atoms with Gasteiger partial charge in [-0.15, -0.1) is 11.8 Å². The molecular formula is C23H28N8O2S. The topological polar surface area (TPSA) is 131 Å². The number of hydrogen-bond acceptors (Lipinski definition) is 8. The summed E-state index contributed by atoms with van der Waals surface area (Å²) >= 11 is 1.64. The van der Waals surface area contributed by atoms with E-state index in [1.807, 2.05) is 30.5 Å². The van der Waals surface area contributed by atoms with Crippen LogP contribution < -0.4 is 21.3 Å². The molecule has 1 aromatic carbocycles. The average molecular weight is 481 g/mol. The van der Waals surface area contributed by atoms with Crippen LogP contribution in [0.25, 0.3) is 0 Å². The number of aromatic nitrogens is 4. The van der Waals surface area contributed by atoms with Crippen molar-refractivity contribution in [1.29, 1.82) is 0 Å². The molecular weight excluding hydrogens is 452 g/mol. The molecule has 1 saturated heterocycles. The zero-order chi connectivity index (χ0) is 24.2. The SMILES string of the molecule is CSc1ccc(C(=O)N[C@@H]2CCCN(c3cnc(C(N)=O)c(Nc4cnn(C)c4)n3)[C@@H]2C)cc1. The van der Waals surface area contributed by atoms with Crippen molar-refractivity contribution in [3.63, 3.8) is 0 Å². The van der Waals surface area contributed by atoms with Crippen molar-refractivity contribution < 1.29 is 9.59 Å². The summed E-state index contributed by atoms with van der Waals surface area (Å²) in [5.74, 6) is 0.104. The summed E-state index contributed by atoms with van der Waals surface area (Å²) in [6.07, 6.45) is 8.69. The van der Waals surface area contributed by atoms with Crippen LogP contribution in [0.5, 0.6) is 0 Å². The number of carbonyl (C=O) groups excluding carboxylic acids is 2. The molecule has 0 bridgehead atoms. The highest BCUT2D eigenvalue weighted by Crippen LogP contribution is 2.26. The minimum Gasteiger partial charge on any atom is -0.364 e. The molecule has 11 heteroatoms. The van der Waals surface area contributed by atoms with Gasteiger partial charge in [0, 0.05) is 42.3 Å². The maximum atomic E-state index is 12.8. The highest BCUT2D eigenvalue weighted by atomic mass is 32.2. The van der Waals surface area contributed by atoms with Gasteiger partial charge in [0.25, 0.3) is 11.8 Å². The fourth-order valence-corrected chi connectivity index (χ4v) is 4.47. The first-order chi connectivity index (χ1) is 16.4. The highest BCUT2D eigenvalue weighted by Gasteiger charge is 2.31. The largest absolute Gasteiger partial charge is 0.364 e. The number of primary amides is 1. The van der Waals surface area contributed by atoms with Crippen LogP contribution in [0.1, 0.15) is 40.6 Å². The zero-order valence-electron chi connectivity index (χ0n) is 19.4. The normalized spacial score (nSPS) is 17.9. The highest BCUT2D eigenvalue weighted by molar-refractivity contribution is 7.98. The smallest absolute Gasteiger partial charge is 0.271 e. The minimum atomic E-state index is -0.672. The van der Waals surface area contributed by atoms with Crippen molar-refractivity contribution in [2.45, 2.75) is 36.7 Å². The molecule has 2 atom stereocenters. The number of nitrogens with two attached hydrogens (primary N) is 1. The van der Waals surface area contributed by atoms with E-state index in [0.717, 1.165) is 24.3 Å². The maximum absolute atomic E-state index is 12.8. The molecule has 0 unspecified atom stereocenters. The lowest BCUT2D eigenvalue weighted by Crippen LogP contribution is -2.54. The molecule has 2 amide bonds. The maximum Gasteiger partial charge on any atom is 0.271 e. The van der Waals surface area contributed by atoms with E-state index in [9.17, 15) is 9.59 Å². The van der Waals surface area contributed by atoms with Gasteiger partial charge in [-0.1, -0.05) is 0 Å². The van der Waals surface area contributed by atoms with E-state index < -0.39 is 5.91 Å². The number of carbonyl (C=O) groups is 2. The Labute approximate surface area is 202 Å². The average Bonchev–Trinajstić information content (AvgIpc) is 3.24. The van der Waals surface area contributed by atoms with Gasteiger partial charge in [0.15, 0.2) is 11.5 Å². The molecule has 0 spiro atoms. The molecule has 3 heterocycles. The minimum absolute atomic E-state index is 0.0249. The number of thioether (sulfide) groups is 1. The van der Waals surface area contributed by atoms with Gasteiger partial charge in [-0.05, 0) is 50.3 Å². The molecule has 10 nitrogen and oxygen atoms in total. The second-order valence-corrected chi connectivity index (χ2v) is 9.08. The first-order valence-electron chi connectivity index (χ1n) is 11.0. The van der Waals surface area contributed by atoms with Crippen molar-refractivity contribution in [2.75, 3.05) is 23.0 Å². The van der Waals surface area contributed by atoms with Gasteiger partial charge in [-0.25, -0.2) is 9.97 Å². The third kappa shape index (κ3) is 5.14. The van der Waals surface area contributed by atoms with Crippen molar-refractivity contribution in [3.05, 3.63) is 54.1 Å². The molecule has 178 valence electrons. The zero-order valence-corrected chi connectivity index (χ0v) is 20.2. The van der Waals surface area contributed by atoms with Crippen LogP contribution in [0, 0.1) is 0 Å². The number of hydrogen-bond donors (Lipinski definition) is 3. The Balaban J connectivity index is 1.53. The van der Waals surface area contributed by atoms with Gasteiger partial charge in [0.05, 0.1) is 18.1 Å². The second kappa shape index (κ2) is 10.1. The molecule has 1 aliphatic rings. The molecule has 34 heavy (non-hydrogen) atoms. The summed E-state index contributed by atoms with van der Waals surface area (Å²) in [4.78, 5) is 36.9. The molecule has 3 aromatic rings. The quantitative estimate of drug-likeness (QED) is 0.440. The third-order valence-corrected chi connectivity index (χ3v) is 6.66. The van der Waals surface area contributed by atoms with Crippen LogP contribution in [-0.2, 0) is 7.05 Å². The second-order valence-electron chi connectivity index (χ2n) is 8.20. The first kappa shape index (κ1) is 23.6. The molecule has 4 rings (SSSR count). The van der Waals surface area contributed by atoms with Gasteiger partial charge in [0.1, 0.15) is 5.82 Å². The number of anilines is 3. The van der Waals surface area contributed by atoms with E-state index in [1.54, 1.807) is 42.1 Å². The van der Waals surface area contributed by atoms with Crippen molar-refractivity contribution >= 4 is 40.9 Å². The van der Waals surface area contributed by atoms with Crippen LogP contribution >= 0.6 is 11.8 Å². The molecule has 1 aliphatic heterocycles. The fourth-order valence-electron chi connectivity index (χ4n) is 4.06. The van der Waals surface area contributed by atoms with E-state index in [2.05, 4.69) is 37.5 Å². The Morgan fingerprint density at radius 2 is 1.97 bits per heavy atom. The lowest BCUT2D eigenvalue weighted by Gasteiger charge is -2.40. The number of nitrogens with one attached hydrogen (secondary N) is 2. The van der Waals surface area contributed by atoms with Gasteiger partial charge in [0.2, 0.25) is 0 Å². The summed E-state index contributed by atoms with van der Waals surface area (Å²) < 4.78 is 1.64. The predicted octanol–water partition coefficient (Wildman–Crippen LogP) is 2.56. The molecule has 0 radical (unpaired) electrons. The number of aryl methyl sites for hydroxylation is 1. The van der Waals surface area contributed by atoms with Gasteiger partial charge in [-0.3, -0.25) is 14.3 Å². The monoisotopic (exact) mass is 480 g/mol. The standard InChI is InChI=1S/C23H28N8O2S/c1-14-18(28-23(33)15-6-8-17(34-3)9-7-15)5-4-10-31(14)19-12-25-20(21(24)32)22(29-19)27-16-11-26-30(2)13-16/h6-9,11-14,18H,4-5,10H2,1-3H3,(H2,24,32)(H,27,29)(H,28,33)/t14-,18-/m1/s1. The Morgan fingerprint density at radius 1 is 1.21 bits per heavy atom. The lowest BCUT2D eigenvalue weighted by atomic mass is 9.97. The number of nitrogens with zero attached hydrogens (tertiary/aromatic N) is 5. The Morgan fingerprint density at radius 3 is 2.62 bits per heavy atom. The van der Waals surface area contributed by atoms with E-state index in [0.29, 0.717) is 17.1 Å². The fraction of sp³-hybridized carbons (Fsp3) is 0.348. The van der Waals surface area contributed by atoms with Gasteiger partial charge >= 0.3 is 0 Å². The Kier molecular flexibility index (Phi) is 7.01. The third-order valence-electron chi connectivity index (χ3n) is 5.91. The van der Waals surface area contributed by atoms with Crippen LogP contribution in [0.2, 0.25) is 0 Å². The summed E-state index contributed by atoms with van der Waals surface area (Å²) in [6, 6.07) is 7.50. The molecule has 0 aliphatic carbocycles. The van der Waals surface area contributed by atoms with E-state index in [1.165, 1.54) is 0 Å². The predicted molar refractivity (Wildman–Crippen MR) is 133 cm³/mol. The molecule has 0 saturated carbocycles. The number of benzene rings is 1. The van der Waals surface area contributed by atoms with E-state index in [-0.39, 0.29) is 29.5 Å². The first-order valence-corrected chi connectivity index (χ1v) is 12.2. The van der Waals surface area contributed by atoms with Crippen molar-refractivity contribution in [3.8, 4) is 0 Å². The summed E-state index contributed by atoms with van der Waals surface area (Å²) in [7, 11) is 1.79. The Bertz CT molecular complexity index is 1180. The van der Waals surface area contributed by atoms with E-state index in [4.69, 9.17) is 5.73 Å². The molecule has 1 fully saturated rings. The van der Waals surface area contributed by atoms with Crippen molar-refractivity contribution in [1.82, 2.24) is 25.1 Å². The summed E-state index contributed by atoms with van der Waals surface area (Å²) in [5.41, 5.74) is 6.87. The molecule has 2 aromatic heterocycles. The van der Waals surface area contributed by atoms with Gasteiger partial charge < -0.3 is 21.3 Å². The number of rotatable bonds is 7. The van der Waals surface area contributed by atoms with Crippen LogP contribution in [0.3, 0.4) is 0 Å². The molecule has 4 N–H and O–H groups in total. The lowest BCUT2D eigenvalue weighted by molar-refractivity contribution is 0.0923. The van der Waals surface area contributed by atoms with Gasteiger partial charge in [-0.2, -0.15) is 5.10 Å². The summed E-state index contributed by atoms with van der Waals surface area (Å²) in [6.45, 7) is 2.81. The van der Waals surface area contributed by atoms with E-state index >= 15 is 0 Å². The van der Waals surface area contributed by atoms with Crippen molar-refractivity contribution in [2.24, 2.45) is 12.8 Å². The Hall–Kier alpha value is -3.60. The van der Waals surface area contributed by atoms with Crippen LogP contribution in [-0.4, -0.2) is 56.4 Å².